The van der Waals surface area contributed by atoms with Crippen LogP contribution in [0.5, 0.6) is 0 Å². The van der Waals surface area contributed by atoms with E-state index in [1.54, 1.807) is 12.3 Å². The van der Waals surface area contributed by atoms with Crippen LogP contribution >= 0.6 is 0 Å². The molecule has 0 aromatic heterocycles. The van der Waals surface area contributed by atoms with E-state index in [0.717, 1.165) is 16.8 Å². The number of nitrogens with zero attached hydrogens (tertiary/aromatic N) is 1. The Labute approximate surface area is 93.6 Å². The predicted octanol–water partition coefficient (Wildman–Crippen LogP) is 0.885. The Morgan fingerprint density at radius 1 is 1.38 bits per heavy atom. The summed E-state index contributed by atoms with van der Waals surface area (Å²) < 4.78 is 0. The van der Waals surface area contributed by atoms with Crippen LogP contribution in [-0.2, 0) is 4.79 Å². The molecule has 1 aliphatic heterocycles. The van der Waals surface area contributed by atoms with E-state index >= 15 is 0 Å². The molecule has 0 saturated carbocycles. The standard InChI is InChI=1S/C12H11N3O/c1-8-2-9(5-13)4-10(3-8)11-6-15-12(16)7-14-11/h2-4,6,14H,7H2,1H3,(H,15,16). The van der Waals surface area contributed by atoms with Gasteiger partial charge in [-0.3, -0.25) is 4.79 Å². The second kappa shape index (κ2) is 4.07. The third-order valence-corrected chi connectivity index (χ3v) is 2.33. The number of carbonyl (C=O) groups is 1. The van der Waals surface area contributed by atoms with Crippen molar-refractivity contribution in [2.75, 3.05) is 6.54 Å². The largest absolute Gasteiger partial charge is 0.374 e. The van der Waals surface area contributed by atoms with Gasteiger partial charge in [-0.25, -0.2) is 0 Å². The third-order valence-electron chi connectivity index (χ3n) is 2.33. The molecule has 0 aliphatic carbocycles. The van der Waals surface area contributed by atoms with Crippen molar-refractivity contribution in [1.82, 2.24) is 10.6 Å². The Bertz CT molecular complexity index is 511. The highest BCUT2D eigenvalue weighted by atomic mass is 16.1. The summed E-state index contributed by atoms with van der Waals surface area (Å²) in [7, 11) is 0. The molecule has 2 N–H and O–H groups in total. The van der Waals surface area contributed by atoms with E-state index in [1.807, 2.05) is 19.1 Å². The van der Waals surface area contributed by atoms with Gasteiger partial charge >= 0.3 is 0 Å². The fourth-order valence-corrected chi connectivity index (χ4v) is 1.62. The molecule has 1 heterocycles. The highest BCUT2D eigenvalue weighted by molar-refractivity contribution is 5.85. The summed E-state index contributed by atoms with van der Waals surface area (Å²) in [5, 5.41) is 14.5. The van der Waals surface area contributed by atoms with E-state index < -0.39 is 0 Å². The van der Waals surface area contributed by atoms with Gasteiger partial charge in [0.2, 0.25) is 5.91 Å². The summed E-state index contributed by atoms with van der Waals surface area (Å²) in [5.41, 5.74) is 3.39. The molecule has 0 saturated heterocycles. The van der Waals surface area contributed by atoms with Gasteiger partial charge in [0.25, 0.3) is 0 Å². The lowest BCUT2D eigenvalue weighted by Crippen LogP contribution is -2.35. The molecule has 0 fully saturated rings. The predicted molar refractivity (Wildman–Crippen MR) is 60.0 cm³/mol. The molecule has 16 heavy (non-hydrogen) atoms. The van der Waals surface area contributed by atoms with Crippen LogP contribution in [-0.4, -0.2) is 12.5 Å². The maximum atomic E-state index is 11.0. The lowest BCUT2D eigenvalue weighted by molar-refractivity contribution is -0.119. The van der Waals surface area contributed by atoms with E-state index in [1.165, 1.54) is 0 Å². The SMILES string of the molecule is Cc1cc(C#N)cc(C2=CNC(=O)CN2)c1. The first-order valence-electron chi connectivity index (χ1n) is 4.94. The van der Waals surface area contributed by atoms with Crippen LogP contribution in [0.25, 0.3) is 5.70 Å². The lowest BCUT2D eigenvalue weighted by Gasteiger charge is -2.16. The van der Waals surface area contributed by atoms with E-state index in [9.17, 15) is 4.79 Å². The topological polar surface area (TPSA) is 64.9 Å². The molecule has 0 unspecified atom stereocenters. The van der Waals surface area contributed by atoms with E-state index in [-0.39, 0.29) is 12.5 Å². The van der Waals surface area contributed by atoms with Crippen LogP contribution in [0.1, 0.15) is 16.7 Å². The smallest absolute Gasteiger partial charge is 0.243 e. The molecule has 1 aliphatic rings. The number of benzene rings is 1. The molecule has 0 bridgehead atoms. The van der Waals surface area contributed by atoms with Crippen molar-refractivity contribution in [3.8, 4) is 6.07 Å². The summed E-state index contributed by atoms with van der Waals surface area (Å²) in [4.78, 5) is 11.0. The normalized spacial score (nSPS) is 14.5. The molecule has 0 spiro atoms. The highest BCUT2D eigenvalue weighted by Crippen LogP contribution is 2.16. The van der Waals surface area contributed by atoms with Crippen LogP contribution in [0.3, 0.4) is 0 Å². The van der Waals surface area contributed by atoms with Crippen molar-refractivity contribution in [3.63, 3.8) is 0 Å². The van der Waals surface area contributed by atoms with Gasteiger partial charge in [0.1, 0.15) is 0 Å². The number of hydrogen-bond donors (Lipinski definition) is 2. The van der Waals surface area contributed by atoms with E-state index in [2.05, 4.69) is 16.7 Å². The van der Waals surface area contributed by atoms with Crippen molar-refractivity contribution < 1.29 is 4.79 Å². The van der Waals surface area contributed by atoms with Gasteiger partial charge in [-0.05, 0) is 30.7 Å². The minimum Gasteiger partial charge on any atom is -0.374 e. The first-order valence-corrected chi connectivity index (χ1v) is 4.94. The second-order valence-corrected chi connectivity index (χ2v) is 3.68. The Hall–Kier alpha value is -2.28. The van der Waals surface area contributed by atoms with Gasteiger partial charge in [0.05, 0.1) is 23.9 Å². The molecule has 80 valence electrons. The van der Waals surface area contributed by atoms with Crippen LogP contribution in [0.4, 0.5) is 0 Å². The van der Waals surface area contributed by atoms with E-state index in [0.29, 0.717) is 5.56 Å². The fraction of sp³-hybridized carbons (Fsp3) is 0.167. The van der Waals surface area contributed by atoms with Crippen LogP contribution in [0, 0.1) is 18.3 Å². The molecule has 1 aromatic rings. The summed E-state index contributed by atoms with van der Waals surface area (Å²) >= 11 is 0. The Morgan fingerprint density at radius 3 is 2.81 bits per heavy atom. The number of hydrogen-bond acceptors (Lipinski definition) is 3. The molecule has 1 aromatic carbocycles. The van der Waals surface area contributed by atoms with Crippen molar-refractivity contribution in [1.29, 1.82) is 5.26 Å². The Morgan fingerprint density at radius 2 is 2.19 bits per heavy atom. The van der Waals surface area contributed by atoms with Gasteiger partial charge in [-0.15, -0.1) is 0 Å². The Balaban J connectivity index is 2.38. The highest BCUT2D eigenvalue weighted by Gasteiger charge is 2.10. The first kappa shape index (κ1) is 10.2. The van der Waals surface area contributed by atoms with Crippen LogP contribution < -0.4 is 10.6 Å². The van der Waals surface area contributed by atoms with E-state index in [4.69, 9.17) is 5.26 Å². The number of aryl methyl sites for hydroxylation is 1. The van der Waals surface area contributed by atoms with Crippen LogP contribution in [0.2, 0.25) is 0 Å². The average Bonchev–Trinajstić information content (AvgIpc) is 2.29. The minimum absolute atomic E-state index is 0.0584. The molecule has 4 nitrogen and oxygen atoms in total. The van der Waals surface area contributed by atoms with Gasteiger partial charge in [0.15, 0.2) is 0 Å². The lowest BCUT2D eigenvalue weighted by atomic mass is 10.0. The molecule has 4 heteroatoms. The monoisotopic (exact) mass is 213 g/mol. The average molecular weight is 213 g/mol. The summed E-state index contributed by atoms with van der Waals surface area (Å²) in [5.74, 6) is -0.0584. The van der Waals surface area contributed by atoms with Crippen molar-refractivity contribution in [2.45, 2.75) is 6.92 Å². The van der Waals surface area contributed by atoms with Crippen molar-refractivity contribution in [2.24, 2.45) is 0 Å². The number of rotatable bonds is 1. The summed E-state index contributed by atoms with van der Waals surface area (Å²) in [6.07, 6.45) is 1.63. The number of nitrogens with one attached hydrogen (secondary N) is 2. The van der Waals surface area contributed by atoms with Gasteiger partial charge in [-0.1, -0.05) is 0 Å². The molecule has 0 atom stereocenters. The molecular weight excluding hydrogens is 202 g/mol. The molecule has 2 rings (SSSR count). The van der Waals surface area contributed by atoms with Gasteiger partial charge in [0, 0.05) is 11.8 Å². The number of carbonyl (C=O) groups excluding carboxylic acids is 1. The van der Waals surface area contributed by atoms with Gasteiger partial charge in [-0.2, -0.15) is 5.26 Å². The number of nitriles is 1. The van der Waals surface area contributed by atoms with Crippen molar-refractivity contribution in [3.05, 3.63) is 41.1 Å². The zero-order valence-corrected chi connectivity index (χ0v) is 8.87. The molecular formula is C12H11N3O. The molecule has 1 amide bonds. The quantitative estimate of drug-likeness (QED) is 0.728. The minimum atomic E-state index is -0.0584. The summed E-state index contributed by atoms with van der Waals surface area (Å²) in [6, 6.07) is 7.70. The Kier molecular flexibility index (Phi) is 2.61. The summed E-state index contributed by atoms with van der Waals surface area (Å²) in [6.45, 7) is 2.20. The zero-order chi connectivity index (χ0) is 11.5. The maximum absolute atomic E-state index is 11.0. The molecule has 0 radical (unpaired) electrons. The second-order valence-electron chi connectivity index (χ2n) is 3.68. The fourth-order valence-electron chi connectivity index (χ4n) is 1.62. The zero-order valence-electron chi connectivity index (χ0n) is 8.87. The number of amides is 1. The maximum Gasteiger partial charge on any atom is 0.243 e. The van der Waals surface area contributed by atoms with Gasteiger partial charge < -0.3 is 10.6 Å². The first-order chi connectivity index (χ1) is 7.69. The third kappa shape index (κ3) is 2.04. The van der Waals surface area contributed by atoms with Crippen LogP contribution in [0.15, 0.2) is 24.4 Å². The van der Waals surface area contributed by atoms with Crippen molar-refractivity contribution >= 4 is 11.6 Å².